The maximum atomic E-state index is 11.9. The lowest BCUT2D eigenvalue weighted by molar-refractivity contribution is -0.277. The molecule has 2 aliphatic heterocycles. The molecule has 0 spiro atoms. The standard InChI is InChI=1S/C15H18O9/c1-21-7-2-6-5-22-14(20)10(6)8(3-7)23-15-13(19)12(18)11(17)9(4-16)24-15/h2-3,9,11-13,15-19H,4-5H2,1H3/t9-,11-,12+,13-,15-/m1/s1. The number of benzene rings is 1. The molecule has 0 saturated carbocycles. The molecule has 0 unspecified atom stereocenters. The number of aliphatic hydroxyl groups excluding tert-OH is 4. The van der Waals surface area contributed by atoms with Crippen LogP contribution in [-0.2, 0) is 16.1 Å². The lowest BCUT2D eigenvalue weighted by atomic mass is 9.99. The van der Waals surface area contributed by atoms with E-state index >= 15 is 0 Å². The Morgan fingerprint density at radius 1 is 1.21 bits per heavy atom. The molecule has 0 aliphatic carbocycles. The van der Waals surface area contributed by atoms with Gasteiger partial charge in [0, 0.05) is 11.6 Å². The van der Waals surface area contributed by atoms with Crippen LogP contribution in [0.25, 0.3) is 0 Å². The first-order chi connectivity index (χ1) is 11.5. The van der Waals surface area contributed by atoms with Crippen molar-refractivity contribution in [3.8, 4) is 11.5 Å². The lowest BCUT2D eigenvalue weighted by Crippen LogP contribution is -2.60. The fourth-order valence-electron chi connectivity index (χ4n) is 2.71. The zero-order valence-corrected chi connectivity index (χ0v) is 12.8. The second-order valence-electron chi connectivity index (χ2n) is 5.55. The van der Waals surface area contributed by atoms with Crippen molar-refractivity contribution in [3.63, 3.8) is 0 Å². The van der Waals surface area contributed by atoms with Crippen LogP contribution in [0.2, 0.25) is 0 Å². The van der Waals surface area contributed by atoms with Crippen molar-refractivity contribution < 1.29 is 44.2 Å². The molecule has 0 bridgehead atoms. The normalized spacial score (nSPS) is 32.2. The maximum absolute atomic E-state index is 11.9. The minimum absolute atomic E-state index is 0.0520. The van der Waals surface area contributed by atoms with E-state index in [9.17, 15) is 25.2 Å². The van der Waals surface area contributed by atoms with Crippen LogP contribution in [0, 0.1) is 0 Å². The summed E-state index contributed by atoms with van der Waals surface area (Å²) >= 11 is 0. The van der Waals surface area contributed by atoms with E-state index in [0.717, 1.165) is 0 Å². The van der Waals surface area contributed by atoms with Crippen LogP contribution in [0.5, 0.6) is 11.5 Å². The highest BCUT2D eigenvalue weighted by atomic mass is 16.7. The average Bonchev–Trinajstić information content (AvgIpc) is 2.96. The molecular formula is C15H18O9. The van der Waals surface area contributed by atoms with Gasteiger partial charge in [-0.1, -0.05) is 0 Å². The molecule has 2 aliphatic rings. The number of methoxy groups -OCH3 is 1. The largest absolute Gasteiger partial charge is 0.497 e. The third-order valence-corrected chi connectivity index (χ3v) is 4.05. The van der Waals surface area contributed by atoms with E-state index in [0.29, 0.717) is 11.3 Å². The third kappa shape index (κ3) is 2.80. The quantitative estimate of drug-likeness (QED) is 0.484. The van der Waals surface area contributed by atoms with Crippen LogP contribution in [0.4, 0.5) is 0 Å². The van der Waals surface area contributed by atoms with E-state index in [1.54, 1.807) is 6.07 Å². The van der Waals surface area contributed by atoms with Crippen molar-refractivity contribution in [1.82, 2.24) is 0 Å². The van der Waals surface area contributed by atoms with Crippen LogP contribution in [-0.4, -0.2) is 70.8 Å². The summed E-state index contributed by atoms with van der Waals surface area (Å²) in [6, 6.07) is 3.05. The van der Waals surface area contributed by atoms with Gasteiger partial charge in [-0.3, -0.25) is 0 Å². The van der Waals surface area contributed by atoms with Gasteiger partial charge < -0.3 is 39.4 Å². The van der Waals surface area contributed by atoms with Crippen LogP contribution >= 0.6 is 0 Å². The molecule has 1 aromatic rings. The lowest BCUT2D eigenvalue weighted by Gasteiger charge is -2.39. The van der Waals surface area contributed by atoms with Gasteiger partial charge in [-0.15, -0.1) is 0 Å². The molecule has 2 heterocycles. The predicted octanol–water partition coefficient (Wildman–Crippen LogP) is -1.46. The van der Waals surface area contributed by atoms with Crippen molar-refractivity contribution in [2.75, 3.05) is 13.7 Å². The molecule has 132 valence electrons. The summed E-state index contributed by atoms with van der Waals surface area (Å²) in [6.45, 7) is -0.514. The summed E-state index contributed by atoms with van der Waals surface area (Å²) in [5.41, 5.74) is 0.728. The van der Waals surface area contributed by atoms with E-state index in [1.807, 2.05) is 0 Å². The Morgan fingerprint density at radius 3 is 2.62 bits per heavy atom. The SMILES string of the molecule is COc1cc2c(c(O[C@@H]3O[C@H](CO)[C@@H](O)[C@H](O)[C@H]3O)c1)C(=O)OC2. The summed E-state index contributed by atoms with van der Waals surface area (Å²) in [4.78, 5) is 11.9. The highest BCUT2D eigenvalue weighted by Gasteiger charge is 2.45. The molecule has 1 saturated heterocycles. The Hall–Kier alpha value is -1.91. The molecule has 0 aromatic heterocycles. The first kappa shape index (κ1) is 16.9. The summed E-state index contributed by atoms with van der Waals surface area (Å²) in [6.07, 6.45) is -7.16. The number of fused-ring (bicyclic) bond motifs is 1. The molecule has 4 N–H and O–H groups in total. The molecular weight excluding hydrogens is 324 g/mol. The van der Waals surface area contributed by atoms with Gasteiger partial charge in [-0.25, -0.2) is 4.79 Å². The van der Waals surface area contributed by atoms with Gasteiger partial charge in [0.25, 0.3) is 0 Å². The number of esters is 1. The molecule has 24 heavy (non-hydrogen) atoms. The minimum atomic E-state index is -1.58. The third-order valence-electron chi connectivity index (χ3n) is 4.05. The first-order valence-corrected chi connectivity index (χ1v) is 7.31. The van der Waals surface area contributed by atoms with Crippen LogP contribution in [0.1, 0.15) is 15.9 Å². The zero-order chi connectivity index (χ0) is 17.4. The fourth-order valence-corrected chi connectivity index (χ4v) is 2.71. The number of rotatable bonds is 4. The van der Waals surface area contributed by atoms with E-state index in [-0.39, 0.29) is 17.9 Å². The summed E-state index contributed by atoms with van der Waals surface area (Å²) in [5.74, 6) is -0.130. The topological polar surface area (TPSA) is 135 Å². The van der Waals surface area contributed by atoms with E-state index < -0.39 is 43.3 Å². The van der Waals surface area contributed by atoms with Gasteiger partial charge in [0.1, 0.15) is 48.1 Å². The number of hydrogen-bond acceptors (Lipinski definition) is 9. The number of aliphatic hydroxyl groups is 4. The van der Waals surface area contributed by atoms with Crippen molar-refractivity contribution >= 4 is 5.97 Å². The van der Waals surface area contributed by atoms with Crippen molar-refractivity contribution in [2.45, 2.75) is 37.3 Å². The van der Waals surface area contributed by atoms with Gasteiger partial charge in [0.05, 0.1) is 13.7 Å². The van der Waals surface area contributed by atoms with Gasteiger partial charge in [0.15, 0.2) is 0 Å². The van der Waals surface area contributed by atoms with E-state index in [4.69, 9.17) is 18.9 Å². The second kappa shape index (κ2) is 6.54. The monoisotopic (exact) mass is 342 g/mol. The molecule has 9 heteroatoms. The van der Waals surface area contributed by atoms with E-state index in [1.165, 1.54) is 13.2 Å². The van der Waals surface area contributed by atoms with Crippen LogP contribution in [0.3, 0.4) is 0 Å². The fraction of sp³-hybridized carbons (Fsp3) is 0.533. The summed E-state index contributed by atoms with van der Waals surface area (Å²) in [5, 5.41) is 38.8. The highest BCUT2D eigenvalue weighted by Crippen LogP contribution is 2.35. The average molecular weight is 342 g/mol. The molecule has 5 atom stereocenters. The zero-order valence-electron chi connectivity index (χ0n) is 12.8. The van der Waals surface area contributed by atoms with Gasteiger partial charge in [-0.05, 0) is 6.07 Å². The molecule has 0 radical (unpaired) electrons. The molecule has 1 aromatic carbocycles. The van der Waals surface area contributed by atoms with Gasteiger partial charge >= 0.3 is 5.97 Å². The number of cyclic esters (lactones) is 1. The summed E-state index contributed by atoms with van der Waals surface area (Å²) in [7, 11) is 1.44. The van der Waals surface area contributed by atoms with Gasteiger partial charge in [0.2, 0.25) is 6.29 Å². The summed E-state index contributed by atoms with van der Waals surface area (Å²) < 4.78 is 20.9. The predicted molar refractivity (Wildman–Crippen MR) is 76.5 cm³/mol. The molecule has 9 nitrogen and oxygen atoms in total. The van der Waals surface area contributed by atoms with Crippen LogP contribution < -0.4 is 9.47 Å². The Labute approximate surface area is 136 Å². The van der Waals surface area contributed by atoms with Gasteiger partial charge in [-0.2, -0.15) is 0 Å². The Morgan fingerprint density at radius 2 is 1.96 bits per heavy atom. The number of ether oxygens (including phenoxy) is 4. The maximum Gasteiger partial charge on any atom is 0.342 e. The molecule has 1 fully saturated rings. The van der Waals surface area contributed by atoms with Crippen molar-refractivity contribution in [3.05, 3.63) is 23.3 Å². The number of carbonyl (C=O) groups excluding carboxylic acids is 1. The minimum Gasteiger partial charge on any atom is -0.497 e. The Bertz CT molecular complexity index is 630. The van der Waals surface area contributed by atoms with Crippen molar-refractivity contribution in [2.24, 2.45) is 0 Å². The first-order valence-electron chi connectivity index (χ1n) is 7.31. The molecule has 0 amide bonds. The number of carbonyl (C=O) groups is 1. The highest BCUT2D eigenvalue weighted by molar-refractivity contribution is 5.96. The van der Waals surface area contributed by atoms with Crippen molar-refractivity contribution in [1.29, 1.82) is 0 Å². The number of hydrogen-bond donors (Lipinski definition) is 4. The van der Waals surface area contributed by atoms with Crippen LogP contribution in [0.15, 0.2) is 12.1 Å². The smallest absolute Gasteiger partial charge is 0.342 e. The van der Waals surface area contributed by atoms with E-state index in [2.05, 4.69) is 0 Å². The molecule has 3 rings (SSSR count). The second-order valence-corrected chi connectivity index (χ2v) is 5.55. The Balaban J connectivity index is 1.90. The Kier molecular flexibility index (Phi) is 4.61.